The number of hydrogen-bond donors (Lipinski definition) is 1. The first-order valence-electron chi connectivity index (χ1n) is 5.88. The highest BCUT2D eigenvalue weighted by molar-refractivity contribution is 5.94. The van der Waals surface area contributed by atoms with Crippen LogP contribution in [0.15, 0.2) is 48.5 Å². The van der Waals surface area contributed by atoms with Crippen molar-refractivity contribution in [1.29, 1.82) is 0 Å². The zero-order valence-corrected chi connectivity index (χ0v) is 10.5. The van der Waals surface area contributed by atoms with E-state index in [0.29, 0.717) is 17.9 Å². The largest absolute Gasteiger partial charge is 0.489 e. The summed E-state index contributed by atoms with van der Waals surface area (Å²) >= 11 is 0. The molecule has 2 rings (SSSR count). The van der Waals surface area contributed by atoms with Crippen LogP contribution in [0, 0.1) is 5.82 Å². The van der Waals surface area contributed by atoms with Crippen molar-refractivity contribution < 1.29 is 13.9 Å². The lowest BCUT2D eigenvalue weighted by Gasteiger charge is -2.07. The summed E-state index contributed by atoms with van der Waals surface area (Å²) in [6, 6.07) is 13.0. The second-order valence-corrected chi connectivity index (χ2v) is 4.02. The molecule has 0 aromatic heterocycles. The number of halogens is 1. The standard InChI is InChI=1S/C15H14FNO2/c1-17-15(18)12-3-2-4-14(9-12)19-10-11-5-7-13(16)8-6-11/h2-9H,10H2,1H3,(H,17,18). The average molecular weight is 259 g/mol. The van der Waals surface area contributed by atoms with Gasteiger partial charge in [0.05, 0.1) is 0 Å². The first kappa shape index (κ1) is 13.1. The van der Waals surface area contributed by atoms with Crippen molar-refractivity contribution in [1.82, 2.24) is 5.32 Å². The number of hydrogen-bond acceptors (Lipinski definition) is 2. The molecule has 1 N–H and O–H groups in total. The third-order valence-electron chi connectivity index (χ3n) is 2.64. The second-order valence-electron chi connectivity index (χ2n) is 4.02. The van der Waals surface area contributed by atoms with Crippen LogP contribution >= 0.6 is 0 Å². The Morgan fingerprint density at radius 2 is 1.95 bits per heavy atom. The normalized spacial score (nSPS) is 10.0. The summed E-state index contributed by atoms with van der Waals surface area (Å²) in [5.41, 5.74) is 1.41. The molecule has 0 bridgehead atoms. The van der Waals surface area contributed by atoms with Crippen LogP contribution in [-0.4, -0.2) is 13.0 Å². The zero-order valence-electron chi connectivity index (χ0n) is 10.5. The molecule has 0 saturated heterocycles. The van der Waals surface area contributed by atoms with Crippen molar-refractivity contribution >= 4 is 5.91 Å². The molecular weight excluding hydrogens is 245 g/mol. The van der Waals surface area contributed by atoms with Gasteiger partial charge in [0.1, 0.15) is 18.2 Å². The van der Waals surface area contributed by atoms with Gasteiger partial charge in [0.15, 0.2) is 0 Å². The Morgan fingerprint density at radius 1 is 1.21 bits per heavy atom. The van der Waals surface area contributed by atoms with Crippen molar-refractivity contribution in [3.8, 4) is 5.75 Å². The van der Waals surface area contributed by atoms with E-state index in [1.165, 1.54) is 12.1 Å². The van der Waals surface area contributed by atoms with Gasteiger partial charge in [-0.3, -0.25) is 4.79 Å². The lowest BCUT2D eigenvalue weighted by molar-refractivity contribution is 0.0962. The van der Waals surface area contributed by atoms with E-state index in [-0.39, 0.29) is 11.7 Å². The molecule has 0 aliphatic carbocycles. The summed E-state index contributed by atoms with van der Waals surface area (Å²) in [6.45, 7) is 0.331. The van der Waals surface area contributed by atoms with Gasteiger partial charge in [0.2, 0.25) is 0 Å². The third-order valence-corrected chi connectivity index (χ3v) is 2.64. The third kappa shape index (κ3) is 3.55. The highest BCUT2D eigenvalue weighted by Crippen LogP contribution is 2.15. The lowest BCUT2D eigenvalue weighted by Crippen LogP contribution is -2.17. The van der Waals surface area contributed by atoms with Gasteiger partial charge < -0.3 is 10.1 Å². The molecule has 98 valence electrons. The molecule has 0 aliphatic heterocycles. The fraction of sp³-hybridized carbons (Fsp3) is 0.133. The molecule has 2 aromatic carbocycles. The summed E-state index contributed by atoms with van der Waals surface area (Å²) in [6.07, 6.45) is 0. The maximum Gasteiger partial charge on any atom is 0.251 e. The SMILES string of the molecule is CNC(=O)c1cccc(OCc2ccc(F)cc2)c1. The maximum atomic E-state index is 12.7. The van der Waals surface area contributed by atoms with Crippen LogP contribution in [0.4, 0.5) is 4.39 Å². The van der Waals surface area contributed by atoms with Crippen LogP contribution in [0.1, 0.15) is 15.9 Å². The number of nitrogens with one attached hydrogen (secondary N) is 1. The lowest BCUT2D eigenvalue weighted by atomic mass is 10.2. The number of carbonyl (C=O) groups excluding carboxylic acids is 1. The van der Waals surface area contributed by atoms with E-state index in [0.717, 1.165) is 5.56 Å². The zero-order chi connectivity index (χ0) is 13.7. The van der Waals surface area contributed by atoms with Gasteiger partial charge in [-0.2, -0.15) is 0 Å². The molecule has 4 heteroatoms. The van der Waals surface area contributed by atoms with Crippen molar-refractivity contribution in [2.45, 2.75) is 6.61 Å². The summed E-state index contributed by atoms with van der Waals surface area (Å²) in [7, 11) is 1.58. The minimum Gasteiger partial charge on any atom is -0.489 e. The Labute approximate surface area is 111 Å². The summed E-state index contributed by atoms with van der Waals surface area (Å²) in [5, 5.41) is 2.55. The quantitative estimate of drug-likeness (QED) is 0.916. The van der Waals surface area contributed by atoms with Crippen molar-refractivity contribution in [2.75, 3.05) is 7.05 Å². The number of benzene rings is 2. The topological polar surface area (TPSA) is 38.3 Å². The van der Waals surface area contributed by atoms with E-state index in [9.17, 15) is 9.18 Å². The fourth-order valence-electron chi connectivity index (χ4n) is 1.62. The van der Waals surface area contributed by atoms with Gasteiger partial charge in [-0.25, -0.2) is 4.39 Å². The Balaban J connectivity index is 2.03. The van der Waals surface area contributed by atoms with Crippen LogP contribution in [0.2, 0.25) is 0 Å². The molecule has 0 radical (unpaired) electrons. The Morgan fingerprint density at radius 3 is 2.63 bits per heavy atom. The summed E-state index contributed by atoms with van der Waals surface area (Å²) in [5.74, 6) is 0.169. The van der Waals surface area contributed by atoms with Crippen LogP contribution in [0.3, 0.4) is 0 Å². The number of amides is 1. The molecular formula is C15H14FNO2. The molecule has 0 unspecified atom stereocenters. The van der Waals surface area contributed by atoms with E-state index in [4.69, 9.17) is 4.74 Å². The summed E-state index contributed by atoms with van der Waals surface area (Å²) in [4.78, 5) is 11.5. The van der Waals surface area contributed by atoms with Crippen molar-refractivity contribution in [2.24, 2.45) is 0 Å². The maximum absolute atomic E-state index is 12.7. The number of carbonyl (C=O) groups is 1. The predicted octanol–water partition coefficient (Wildman–Crippen LogP) is 2.76. The van der Waals surface area contributed by atoms with Gasteiger partial charge in [0.25, 0.3) is 5.91 Å². The molecule has 0 saturated carbocycles. The molecule has 0 fully saturated rings. The molecule has 3 nitrogen and oxygen atoms in total. The van der Waals surface area contributed by atoms with Crippen LogP contribution < -0.4 is 10.1 Å². The highest BCUT2D eigenvalue weighted by atomic mass is 19.1. The monoisotopic (exact) mass is 259 g/mol. The van der Waals surface area contributed by atoms with Crippen molar-refractivity contribution in [3.63, 3.8) is 0 Å². The van der Waals surface area contributed by atoms with E-state index in [2.05, 4.69) is 5.32 Å². The first-order valence-corrected chi connectivity index (χ1v) is 5.88. The van der Waals surface area contributed by atoms with E-state index < -0.39 is 0 Å². The molecule has 2 aromatic rings. The Kier molecular flexibility index (Phi) is 4.13. The minimum atomic E-state index is -0.273. The Bertz CT molecular complexity index is 567. The van der Waals surface area contributed by atoms with Gasteiger partial charge in [-0.1, -0.05) is 18.2 Å². The molecule has 19 heavy (non-hydrogen) atoms. The van der Waals surface area contributed by atoms with Crippen LogP contribution in [0.25, 0.3) is 0 Å². The van der Waals surface area contributed by atoms with Gasteiger partial charge in [-0.15, -0.1) is 0 Å². The summed E-state index contributed by atoms with van der Waals surface area (Å²) < 4.78 is 18.3. The molecule has 1 amide bonds. The second kappa shape index (κ2) is 6.00. The van der Waals surface area contributed by atoms with Crippen LogP contribution in [0.5, 0.6) is 5.75 Å². The van der Waals surface area contributed by atoms with Crippen LogP contribution in [-0.2, 0) is 6.61 Å². The number of ether oxygens (including phenoxy) is 1. The average Bonchev–Trinajstić information content (AvgIpc) is 2.46. The minimum absolute atomic E-state index is 0.160. The fourth-order valence-corrected chi connectivity index (χ4v) is 1.62. The van der Waals surface area contributed by atoms with Crippen molar-refractivity contribution in [3.05, 3.63) is 65.5 Å². The van der Waals surface area contributed by atoms with E-state index in [1.54, 1.807) is 43.4 Å². The van der Waals surface area contributed by atoms with Gasteiger partial charge in [0, 0.05) is 12.6 Å². The molecule has 0 atom stereocenters. The van der Waals surface area contributed by atoms with Gasteiger partial charge >= 0.3 is 0 Å². The molecule has 0 spiro atoms. The number of rotatable bonds is 4. The van der Waals surface area contributed by atoms with E-state index >= 15 is 0 Å². The smallest absolute Gasteiger partial charge is 0.251 e. The highest BCUT2D eigenvalue weighted by Gasteiger charge is 2.04. The Hall–Kier alpha value is -2.36. The van der Waals surface area contributed by atoms with Gasteiger partial charge in [-0.05, 0) is 35.9 Å². The first-order chi connectivity index (χ1) is 9.19. The molecule has 0 heterocycles. The van der Waals surface area contributed by atoms with E-state index in [1.807, 2.05) is 0 Å². The molecule has 0 aliphatic rings. The predicted molar refractivity (Wildman–Crippen MR) is 70.6 cm³/mol.